The van der Waals surface area contributed by atoms with Crippen molar-refractivity contribution >= 4 is 5.97 Å². The number of hydrogen-bond acceptors (Lipinski definition) is 3. The number of hydrogen-bond donors (Lipinski definition) is 1. The van der Waals surface area contributed by atoms with E-state index in [-0.39, 0.29) is 0 Å². The number of fused-ring (bicyclic) bond motifs is 2. The summed E-state index contributed by atoms with van der Waals surface area (Å²) in [6.45, 7) is 0. The van der Waals surface area contributed by atoms with Gasteiger partial charge in [-0.25, -0.2) is 4.79 Å². The molecule has 1 aromatic rings. The summed E-state index contributed by atoms with van der Waals surface area (Å²) in [5.41, 5.74) is 1.42. The molecule has 1 aromatic carbocycles. The maximum absolute atomic E-state index is 11.2. The minimum Gasteiger partial charge on any atom is -0.496 e. The largest absolute Gasteiger partial charge is 0.496 e. The van der Waals surface area contributed by atoms with Crippen LogP contribution in [0.1, 0.15) is 47.5 Å². The van der Waals surface area contributed by atoms with Gasteiger partial charge in [0.2, 0.25) is 0 Å². The predicted octanol–water partition coefficient (Wildman–Crippen LogP) is 2.73. The SMILES string of the molecule is COc1ccc(C(=O)O)cc1C1CC2CCC(C1)N2C. The molecule has 0 aliphatic carbocycles. The zero-order chi connectivity index (χ0) is 14.3. The van der Waals surface area contributed by atoms with Crippen LogP contribution in [0.2, 0.25) is 0 Å². The Hall–Kier alpha value is -1.55. The van der Waals surface area contributed by atoms with Gasteiger partial charge in [0.25, 0.3) is 0 Å². The van der Waals surface area contributed by atoms with Crippen LogP contribution in [0, 0.1) is 0 Å². The fourth-order valence-corrected chi connectivity index (χ4v) is 3.85. The van der Waals surface area contributed by atoms with Gasteiger partial charge in [0.15, 0.2) is 0 Å². The molecule has 1 N–H and O–H groups in total. The van der Waals surface area contributed by atoms with Crippen molar-refractivity contribution in [2.24, 2.45) is 0 Å². The normalized spacial score (nSPS) is 29.4. The number of carboxylic acid groups (broad SMARTS) is 1. The molecule has 2 saturated heterocycles. The van der Waals surface area contributed by atoms with Crippen LogP contribution in [0.5, 0.6) is 5.75 Å². The van der Waals surface area contributed by atoms with Gasteiger partial charge in [0.1, 0.15) is 5.75 Å². The molecule has 0 spiro atoms. The number of piperidine rings is 1. The second-order valence-corrected chi connectivity index (χ2v) is 5.98. The molecule has 20 heavy (non-hydrogen) atoms. The lowest BCUT2D eigenvalue weighted by Gasteiger charge is -2.37. The highest BCUT2D eigenvalue weighted by atomic mass is 16.5. The smallest absolute Gasteiger partial charge is 0.335 e. The van der Waals surface area contributed by atoms with E-state index < -0.39 is 5.97 Å². The lowest BCUT2D eigenvalue weighted by atomic mass is 9.84. The highest BCUT2D eigenvalue weighted by Crippen LogP contribution is 2.44. The van der Waals surface area contributed by atoms with E-state index in [1.54, 1.807) is 25.3 Å². The van der Waals surface area contributed by atoms with Crippen LogP contribution in [-0.2, 0) is 0 Å². The van der Waals surface area contributed by atoms with Crippen molar-refractivity contribution in [3.05, 3.63) is 29.3 Å². The summed E-state index contributed by atoms with van der Waals surface area (Å²) in [7, 11) is 3.87. The molecular weight excluding hydrogens is 254 g/mol. The Labute approximate surface area is 119 Å². The van der Waals surface area contributed by atoms with E-state index in [0.717, 1.165) is 24.2 Å². The van der Waals surface area contributed by atoms with Gasteiger partial charge in [-0.1, -0.05) is 0 Å². The van der Waals surface area contributed by atoms with E-state index in [4.69, 9.17) is 4.74 Å². The molecule has 4 heteroatoms. The van der Waals surface area contributed by atoms with Crippen LogP contribution in [0.4, 0.5) is 0 Å². The Morgan fingerprint density at radius 2 is 1.95 bits per heavy atom. The number of carbonyl (C=O) groups is 1. The van der Waals surface area contributed by atoms with Gasteiger partial charge in [-0.2, -0.15) is 0 Å². The molecule has 108 valence electrons. The zero-order valence-electron chi connectivity index (χ0n) is 12.0. The highest BCUT2D eigenvalue weighted by Gasteiger charge is 2.39. The van der Waals surface area contributed by atoms with Gasteiger partial charge in [0.05, 0.1) is 12.7 Å². The fraction of sp³-hybridized carbons (Fsp3) is 0.562. The second-order valence-electron chi connectivity index (χ2n) is 5.98. The second kappa shape index (κ2) is 5.09. The van der Waals surface area contributed by atoms with E-state index in [9.17, 15) is 9.90 Å². The lowest BCUT2D eigenvalue weighted by molar-refractivity contribution is 0.0696. The Bertz CT molecular complexity index is 514. The summed E-state index contributed by atoms with van der Waals surface area (Å²) < 4.78 is 5.44. The van der Waals surface area contributed by atoms with Crippen molar-refractivity contribution in [1.29, 1.82) is 0 Å². The highest BCUT2D eigenvalue weighted by molar-refractivity contribution is 5.88. The molecule has 2 aliphatic heterocycles. The van der Waals surface area contributed by atoms with E-state index in [0.29, 0.717) is 23.6 Å². The van der Waals surface area contributed by atoms with Gasteiger partial charge in [0, 0.05) is 12.1 Å². The molecule has 4 nitrogen and oxygen atoms in total. The van der Waals surface area contributed by atoms with Crippen LogP contribution < -0.4 is 4.74 Å². The zero-order valence-corrected chi connectivity index (χ0v) is 12.0. The van der Waals surface area contributed by atoms with Gasteiger partial charge < -0.3 is 14.7 Å². The van der Waals surface area contributed by atoms with E-state index in [2.05, 4.69) is 11.9 Å². The minimum absolute atomic E-state index is 0.354. The topological polar surface area (TPSA) is 49.8 Å². The van der Waals surface area contributed by atoms with Gasteiger partial charge >= 0.3 is 5.97 Å². The molecule has 2 fully saturated rings. The van der Waals surface area contributed by atoms with Gasteiger partial charge in [-0.3, -0.25) is 0 Å². The van der Waals surface area contributed by atoms with Crippen molar-refractivity contribution in [3.8, 4) is 5.75 Å². The summed E-state index contributed by atoms with van der Waals surface area (Å²) >= 11 is 0. The third-order valence-electron chi connectivity index (χ3n) is 5.01. The maximum atomic E-state index is 11.2. The van der Waals surface area contributed by atoms with Crippen LogP contribution in [0.25, 0.3) is 0 Å². The Balaban J connectivity index is 1.93. The monoisotopic (exact) mass is 275 g/mol. The summed E-state index contributed by atoms with van der Waals surface area (Å²) in [6, 6.07) is 6.48. The van der Waals surface area contributed by atoms with Crippen molar-refractivity contribution in [1.82, 2.24) is 4.90 Å². The van der Waals surface area contributed by atoms with Gasteiger partial charge in [-0.15, -0.1) is 0 Å². The molecule has 2 unspecified atom stereocenters. The molecule has 0 aromatic heterocycles. The number of rotatable bonds is 3. The number of nitrogens with zero attached hydrogens (tertiary/aromatic N) is 1. The summed E-state index contributed by atoms with van der Waals surface area (Å²) in [5.74, 6) is 0.367. The number of carboxylic acids is 1. The first-order valence-corrected chi connectivity index (χ1v) is 7.23. The Morgan fingerprint density at radius 1 is 1.30 bits per heavy atom. The first-order chi connectivity index (χ1) is 9.60. The molecule has 2 aliphatic rings. The summed E-state index contributed by atoms with van der Waals surface area (Å²) in [6.07, 6.45) is 4.73. The van der Waals surface area contributed by atoms with Crippen LogP contribution in [0.3, 0.4) is 0 Å². The molecule has 2 atom stereocenters. The van der Waals surface area contributed by atoms with Crippen molar-refractivity contribution in [2.75, 3.05) is 14.2 Å². The Kier molecular flexibility index (Phi) is 3.42. The Morgan fingerprint density at radius 3 is 2.50 bits per heavy atom. The molecule has 0 saturated carbocycles. The third kappa shape index (κ3) is 2.18. The van der Waals surface area contributed by atoms with Gasteiger partial charge in [-0.05, 0) is 62.4 Å². The standard InChI is InChI=1S/C16H21NO3/c1-17-12-4-5-13(17)8-11(7-12)14-9-10(16(18)19)3-6-15(14)20-2/h3,6,9,11-13H,4-5,7-8H2,1-2H3,(H,18,19). The van der Waals surface area contributed by atoms with Crippen LogP contribution in [0.15, 0.2) is 18.2 Å². The van der Waals surface area contributed by atoms with E-state index in [1.807, 2.05) is 0 Å². The molecule has 0 amide bonds. The number of methoxy groups -OCH3 is 1. The average Bonchev–Trinajstić information content (AvgIpc) is 2.67. The lowest BCUT2D eigenvalue weighted by Crippen LogP contribution is -2.39. The van der Waals surface area contributed by atoms with Crippen LogP contribution in [-0.4, -0.2) is 42.2 Å². The number of aromatic carboxylic acids is 1. The predicted molar refractivity (Wildman–Crippen MR) is 76.5 cm³/mol. The average molecular weight is 275 g/mol. The van der Waals surface area contributed by atoms with Crippen molar-refractivity contribution in [3.63, 3.8) is 0 Å². The summed E-state index contributed by atoms with van der Waals surface area (Å²) in [4.78, 5) is 13.7. The summed E-state index contributed by atoms with van der Waals surface area (Å²) in [5, 5.41) is 9.18. The molecule has 2 bridgehead atoms. The third-order valence-corrected chi connectivity index (χ3v) is 5.01. The van der Waals surface area contributed by atoms with E-state index in [1.165, 1.54) is 12.8 Å². The maximum Gasteiger partial charge on any atom is 0.335 e. The minimum atomic E-state index is -0.871. The molecule has 3 rings (SSSR count). The molecular formula is C16H21NO3. The first-order valence-electron chi connectivity index (χ1n) is 7.23. The fourth-order valence-electron chi connectivity index (χ4n) is 3.85. The van der Waals surface area contributed by atoms with Crippen molar-refractivity contribution < 1.29 is 14.6 Å². The number of benzene rings is 1. The van der Waals surface area contributed by atoms with Crippen molar-refractivity contribution in [2.45, 2.75) is 43.7 Å². The quantitative estimate of drug-likeness (QED) is 0.921. The molecule has 2 heterocycles. The molecule has 0 radical (unpaired) electrons. The van der Waals surface area contributed by atoms with Crippen LogP contribution >= 0.6 is 0 Å². The van der Waals surface area contributed by atoms with E-state index >= 15 is 0 Å². The number of ether oxygens (including phenoxy) is 1. The first kappa shape index (κ1) is 13.4.